The number of aliphatic hydroxyl groups excluding tert-OH is 2. The van der Waals surface area contributed by atoms with E-state index in [0.29, 0.717) is 11.8 Å². The minimum atomic E-state index is -1.24. The van der Waals surface area contributed by atoms with Gasteiger partial charge in [-0.1, -0.05) is 32.4 Å². The van der Waals surface area contributed by atoms with Crippen molar-refractivity contribution in [1.82, 2.24) is 0 Å². The van der Waals surface area contributed by atoms with Crippen LogP contribution in [0, 0.1) is 29.1 Å². The minimum absolute atomic E-state index is 0.0935. The van der Waals surface area contributed by atoms with E-state index in [0.717, 1.165) is 24.8 Å². The number of fused-ring (bicyclic) bond motifs is 1. The predicted molar refractivity (Wildman–Crippen MR) is 69.5 cm³/mol. The quantitative estimate of drug-likeness (QED) is 0.728. The van der Waals surface area contributed by atoms with E-state index in [1.54, 1.807) is 0 Å². The lowest BCUT2D eigenvalue weighted by Gasteiger charge is -2.26. The summed E-state index contributed by atoms with van der Waals surface area (Å²) in [4.78, 5) is 0. The highest BCUT2D eigenvalue weighted by Crippen LogP contribution is 2.50. The molecule has 0 aromatic carbocycles. The second kappa shape index (κ2) is 4.74. The Labute approximate surface area is 108 Å². The van der Waals surface area contributed by atoms with Crippen LogP contribution >= 0.6 is 0 Å². The van der Waals surface area contributed by atoms with Crippen molar-refractivity contribution in [2.24, 2.45) is 29.1 Å². The molecule has 0 spiro atoms. The predicted octanol–water partition coefficient (Wildman–Crippen LogP) is 2.61. The fourth-order valence-corrected chi connectivity index (χ4v) is 3.62. The Hall–Kier alpha value is -0.340. The van der Waals surface area contributed by atoms with Crippen molar-refractivity contribution in [3.05, 3.63) is 11.6 Å². The molecule has 98 valence electrons. The van der Waals surface area contributed by atoms with E-state index in [9.17, 15) is 10.2 Å². The summed E-state index contributed by atoms with van der Waals surface area (Å²) in [5, 5.41) is 19.6. The molecule has 0 radical (unpaired) electrons. The van der Waals surface area contributed by atoms with Gasteiger partial charge in [0.2, 0.25) is 0 Å². The fraction of sp³-hybridized carbons (Fsp3) is 0.867. The summed E-state index contributed by atoms with van der Waals surface area (Å²) in [5.74, 6) is 0.186. The molecule has 0 heterocycles. The highest BCUT2D eigenvalue weighted by Gasteiger charge is 2.42. The van der Waals surface area contributed by atoms with Crippen LogP contribution in [0.25, 0.3) is 0 Å². The monoisotopic (exact) mass is 240 g/mol. The molecule has 0 bridgehead atoms. The van der Waals surface area contributed by atoms with Crippen LogP contribution in [0.3, 0.4) is 0 Å². The van der Waals surface area contributed by atoms with Crippen molar-refractivity contribution in [3.63, 3.8) is 0 Å². The minimum Gasteiger partial charge on any atom is -0.396 e. The van der Waals surface area contributed by atoms with Crippen LogP contribution in [0.1, 0.15) is 42.8 Å². The smallest absolute Gasteiger partial charge is 0.0570 e. The third-order valence-electron chi connectivity index (χ3n) is 4.57. The van der Waals surface area contributed by atoms with E-state index in [1.165, 1.54) is 0 Å². The molecule has 6 atom stereocenters. The fourth-order valence-electron chi connectivity index (χ4n) is 3.62. The first-order valence-corrected chi connectivity index (χ1v) is 6.66. The summed E-state index contributed by atoms with van der Waals surface area (Å²) in [7, 11) is 0. The molecular weight excluding hydrogens is 212 g/mol. The van der Waals surface area contributed by atoms with Crippen LogP contribution in [0.2, 0.25) is 0 Å². The van der Waals surface area contributed by atoms with Gasteiger partial charge in [-0.25, -0.2) is 0 Å². The Morgan fingerprint density at radius 1 is 1.35 bits per heavy atom. The molecule has 1 fully saturated rings. The summed E-state index contributed by atoms with van der Waals surface area (Å²) in [5.41, 5.74) is 1.21. The summed E-state index contributed by atoms with van der Waals surface area (Å²) in [6.45, 7) is 4.13. The zero-order chi connectivity index (χ0) is 14.4. The van der Waals surface area contributed by atoms with Gasteiger partial charge in [0, 0.05) is 19.1 Å². The van der Waals surface area contributed by atoms with Crippen LogP contribution in [0.4, 0.5) is 0 Å². The third kappa shape index (κ3) is 2.43. The van der Waals surface area contributed by atoms with Crippen LogP contribution in [-0.4, -0.2) is 23.4 Å². The molecule has 2 aliphatic carbocycles. The molecule has 0 aromatic rings. The van der Waals surface area contributed by atoms with Crippen molar-refractivity contribution in [3.8, 4) is 0 Å². The summed E-state index contributed by atoms with van der Waals surface area (Å²) >= 11 is 0. The van der Waals surface area contributed by atoms with Crippen molar-refractivity contribution in [2.45, 2.75) is 40.0 Å². The van der Waals surface area contributed by atoms with Crippen molar-refractivity contribution in [2.75, 3.05) is 13.2 Å². The molecule has 2 rings (SSSR count). The molecular formula is C15H26O2. The second-order valence-electron chi connectivity index (χ2n) is 6.49. The molecule has 0 aliphatic heterocycles. The van der Waals surface area contributed by atoms with Gasteiger partial charge in [0.25, 0.3) is 0 Å². The van der Waals surface area contributed by atoms with E-state index >= 15 is 0 Å². The SMILES string of the molecule is [2H]C(O)[C@H]1CC[C@H](C)[C@@H]2CC(C)(C)C=C2[C@H]1C([2H])O. The Morgan fingerprint density at radius 2 is 2.06 bits per heavy atom. The number of allylic oxidation sites excluding steroid dienone is 1. The third-order valence-corrected chi connectivity index (χ3v) is 4.57. The number of aliphatic hydroxyl groups is 2. The van der Waals surface area contributed by atoms with Gasteiger partial charge in [0.05, 0.1) is 2.74 Å². The van der Waals surface area contributed by atoms with Gasteiger partial charge < -0.3 is 10.2 Å². The number of hydrogen-bond acceptors (Lipinski definition) is 2. The normalized spacial score (nSPS) is 46.1. The van der Waals surface area contributed by atoms with Gasteiger partial charge in [-0.2, -0.15) is 0 Å². The molecule has 0 aromatic heterocycles. The first-order chi connectivity index (χ1) is 8.73. The average molecular weight is 240 g/mol. The maximum Gasteiger partial charge on any atom is 0.0570 e. The number of rotatable bonds is 2. The van der Waals surface area contributed by atoms with Gasteiger partial charge in [0.15, 0.2) is 0 Å². The molecule has 2 unspecified atom stereocenters. The highest BCUT2D eigenvalue weighted by molar-refractivity contribution is 5.24. The first kappa shape index (κ1) is 10.6. The summed E-state index contributed by atoms with van der Waals surface area (Å²) < 4.78 is 15.4. The maximum atomic E-state index is 9.86. The molecule has 0 saturated heterocycles. The largest absolute Gasteiger partial charge is 0.396 e. The van der Waals surface area contributed by atoms with E-state index in [-0.39, 0.29) is 17.3 Å². The van der Waals surface area contributed by atoms with Gasteiger partial charge in [-0.05, 0) is 42.4 Å². The van der Waals surface area contributed by atoms with E-state index in [2.05, 4.69) is 26.8 Å². The van der Waals surface area contributed by atoms with Gasteiger partial charge in [0.1, 0.15) is 0 Å². The lowest BCUT2D eigenvalue weighted by Crippen LogP contribution is -2.24. The standard InChI is InChI=1S/C15H26O2/c1-10-4-5-11(8-16)14(9-17)13-7-15(2,3)6-12(10)13/h7,10-12,14,16-17H,4-6,8-9H2,1-3H3/t10-,11+,12-,14-/m0/s1/i8D,9D/t8?,9?,10-,11+,12-,14-. The molecule has 2 aliphatic rings. The first-order valence-electron chi connectivity index (χ1n) is 7.81. The zero-order valence-corrected chi connectivity index (χ0v) is 11.1. The van der Waals surface area contributed by atoms with Gasteiger partial charge in [-0.15, -0.1) is 0 Å². The van der Waals surface area contributed by atoms with Crippen LogP contribution < -0.4 is 0 Å². The lowest BCUT2D eigenvalue weighted by atomic mass is 9.80. The molecule has 1 saturated carbocycles. The Kier molecular flexibility index (Phi) is 2.94. The van der Waals surface area contributed by atoms with Crippen molar-refractivity contribution < 1.29 is 13.0 Å². The van der Waals surface area contributed by atoms with E-state index in [1.807, 2.05) is 0 Å². The molecule has 2 heteroatoms. The van der Waals surface area contributed by atoms with E-state index < -0.39 is 13.2 Å². The van der Waals surface area contributed by atoms with Crippen LogP contribution in [0.5, 0.6) is 0 Å². The molecule has 17 heavy (non-hydrogen) atoms. The van der Waals surface area contributed by atoms with Crippen LogP contribution in [-0.2, 0) is 0 Å². The topological polar surface area (TPSA) is 40.5 Å². The summed E-state index contributed by atoms with van der Waals surface area (Å²) in [6, 6.07) is 0. The van der Waals surface area contributed by atoms with Crippen molar-refractivity contribution in [1.29, 1.82) is 0 Å². The highest BCUT2D eigenvalue weighted by atomic mass is 16.3. The Bertz CT molecular complexity index is 363. The maximum absolute atomic E-state index is 9.86. The Morgan fingerprint density at radius 3 is 2.65 bits per heavy atom. The summed E-state index contributed by atoms with van der Waals surface area (Å²) in [6.07, 6.45) is 4.92. The van der Waals surface area contributed by atoms with Crippen LogP contribution in [0.15, 0.2) is 11.6 Å². The van der Waals surface area contributed by atoms with Gasteiger partial charge >= 0.3 is 0 Å². The zero-order valence-electron chi connectivity index (χ0n) is 13.1. The average Bonchev–Trinajstić information content (AvgIpc) is 2.51. The second-order valence-corrected chi connectivity index (χ2v) is 6.49. The van der Waals surface area contributed by atoms with Crippen molar-refractivity contribution >= 4 is 0 Å². The molecule has 0 amide bonds. The Balaban J connectivity index is 2.41. The molecule has 2 nitrogen and oxygen atoms in total. The molecule has 2 N–H and O–H groups in total. The van der Waals surface area contributed by atoms with E-state index in [4.69, 9.17) is 2.74 Å². The van der Waals surface area contributed by atoms with Gasteiger partial charge in [-0.3, -0.25) is 0 Å². The number of hydrogen-bond donors (Lipinski definition) is 2. The lowest BCUT2D eigenvalue weighted by molar-refractivity contribution is 0.134.